The number of benzene rings is 1. The van der Waals surface area contributed by atoms with E-state index in [4.69, 9.17) is 23.2 Å². The SMILES string of the molecule is Cc1ccc(N/N=C/c2cc(Cl)cc(Cl)c2O)nc1. The Morgan fingerprint density at radius 3 is 2.79 bits per heavy atom. The van der Waals surface area contributed by atoms with E-state index in [1.807, 2.05) is 13.0 Å². The number of aromatic hydroxyl groups is 1. The molecule has 0 fully saturated rings. The lowest BCUT2D eigenvalue weighted by molar-refractivity contribution is 0.475. The van der Waals surface area contributed by atoms with Crippen molar-refractivity contribution in [2.75, 3.05) is 5.43 Å². The molecule has 0 amide bonds. The fraction of sp³-hybridized carbons (Fsp3) is 0.0769. The molecular weight excluding hydrogens is 285 g/mol. The molecule has 19 heavy (non-hydrogen) atoms. The van der Waals surface area contributed by atoms with Crippen molar-refractivity contribution in [3.63, 3.8) is 0 Å². The lowest BCUT2D eigenvalue weighted by Gasteiger charge is -2.03. The van der Waals surface area contributed by atoms with Crippen LogP contribution in [0, 0.1) is 6.92 Å². The quantitative estimate of drug-likeness (QED) is 0.668. The van der Waals surface area contributed by atoms with Crippen LogP contribution in [0.5, 0.6) is 5.75 Å². The van der Waals surface area contributed by atoms with Gasteiger partial charge >= 0.3 is 0 Å². The number of aryl methyl sites for hydroxylation is 1. The predicted molar refractivity (Wildman–Crippen MR) is 78.3 cm³/mol. The van der Waals surface area contributed by atoms with Gasteiger partial charge in [0.05, 0.1) is 11.2 Å². The minimum absolute atomic E-state index is 0.0616. The zero-order valence-corrected chi connectivity index (χ0v) is 11.6. The molecule has 0 saturated heterocycles. The minimum atomic E-state index is -0.0616. The van der Waals surface area contributed by atoms with E-state index in [1.54, 1.807) is 18.3 Å². The smallest absolute Gasteiger partial charge is 0.146 e. The van der Waals surface area contributed by atoms with Crippen LogP contribution in [-0.2, 0) is 0 Å². The lowest BCUT2D eigenvalue weighted by atomic mass is 10.2. The van der Waals surface area contributed by atoms with Gasteiger partial charge < -0.3 is 5.11 Å². The van der Waals surface area contributed by atoms with Crippen LogP contribution in [0.25, 0.3) is 0 Å². The second kappa shape index (κ2) is 5.91. The van der Waals surface area contributed by atoms with Crippen LogP contribution in [0.3, 0.4) is 0 Å². The Bertz CT molecular complexity index is 612. The fourth-order valence-electron chi connectivity index (χ4n) is 1.39. The van der Waals surface area contributed by atoms with Crippen LogP contribution in [0.1, 0.15) is 11.1 Å². The average molecular weight is 296 g/mol. The number of hydrogen-bond donors (Lipinski definition) is 2. The molecule has 2 rings (SSSR count). The molecule has 1 aromatic heterocycles. The van der Waals surface area contributed by atoms with E-state index >= 15 is 0 Å². The topological polar surface area (TPSA) is 57.5 Å². The van der Waals surface area contributed by atoms with Gasteiger partial charge in [0.1, 0.15) is 11.6 Å². The molecule has 6 heteroatoms. The highest BCUT2D eigenvalue weighted by molar-refractivity contribution is 6.36. The Kier molecular flexibility index (Phi) is 4.24. The summed E-state index contributed by atoms with van der Waals surface area (Å²) >= 11 is 11.6. The molecule has 1 heterocycles. The predicted octanol–water partition coefficient (Wildman–Crippen LogP) is 3.85. The molecule has 4 nitrogen and oxygen atoms in total. The zero-order valence-electron chi connectivity index (χ0n) is 10.1. The number of hydrogen-bond acceptors (Lipinski definition) is 4. The molecule has 0 unspecified atom stereocenters. The molecule has 0 saturated carbocycles. The van der Waals surface area contributed by atoms with Gasteiger partial charge in [0.15, 0.2) is 0 Å². The van der Waals surface area contributed by atoms with E-state index in [9.17, 15) is 5.11 Å². The molecule has 2 aromatic rings. The molecule has 0 aliphatic carbocycles. The normalized spacial score (nSPS) is 10.9. The number of aromatic nitrogens is 1. The second-order valence-corrected chi connectivity index (χ2v) is 4.76. The van der Waals surface area contributed by atoms with Crippen molar-refractivity contribution in [1.82, 2.24) is 4.98 Å². The van der Waals surface area contributed by atoms with Gasteiger partial charge in [0.2, 0.25) is 0 Å². The Balaban J connectivity index is 2.13. The van der Waals surface area contributed by atoms with Gasteiger partial charge in [-0.1, -0.05) is 29.3 Å². The monoisotopic (exact) mass is 295 g/mol. The van der Waals surface area contributed by atoms with Crippen LogP contribution in [-0.4, -0.2) is 16.3 Å². The number of nitrogens with one attached hydrogen (secondary N) is 1. The number of halogens is 2. The maximum atomic E-state index is 9.73. The van der Waals surface area contributed by atoms with Gasteiger partial charge in [-0.25, -0.2) is 4.98 Å². The summed E-state index contributed by atoms with van der Waals surface area (Å²) in [5, 5.41) is 14.3. The molecule has 0 radical (unpaired) electrons. The Morgan fingerprint density at radius 1 is 1.32 bits per heavy atom. The maximum absolute atomic E-state index is 9.73. The molecule has 0 aliphatic heterocycles. The van der Waals surface area contributed by atoms with E-state index < -0.39 is 0 Å². The number of nitrogens with zero attached hydrogens (tertiary/aromatic N) is 2. The molecule has 0 bridgehead atoms. The molecular formula is C13H11Cl2N3O. The molecule has 98 valence electrons. The molecule has 2 N–H and O–H groups in total. The first-order valence-electron chi connectivity index (χ1n) is 5.46. The van der Waals surface area contributed by atoms with Gasteiger partial charge in [-0.15, -0.1) is 0 Å². The van der Waals surface area contributed by atoms with E-state index in [0.717, 1.165) is 5.56 Å². The van der Waals surface area contributed by atoms with E-state index in [0.29, 0.717) is 16.4 Å². The lowest BCUT2D eigenvalue weighted by Crippen LogP contribution is -1.94. The fourth-order valence-corrected chi connectivity index (χ4v) is 1.90. The van der Waals surface area contributed by atoms with Crippen LogP contribution < -0.4 is 5.43 Å². The average Bonchev–Trinajstić information content (AvgIpc) is 2.37. The Hall–Kier alpha value is -1.78. The summed E-state index contributed by atoms with van der Waals surface area (Å²) in [5.41, 5.74) is 4.24. The summed E-state index contributed by atoms with van der Waals surface area (Å²) in [7, 11) is 0. The largest absolute Gasteiger partial charge is 0.506 e. The number of hydrazone groups is 1. The summed E-state index contributed by atoms with van der Waals surface area (Å²) in [5.74, 6) is 0.544. The van der Waals surface area contributed by atoms with Gasteiger partial charge in [-0.05, 0) is 30.7 Å². The number of phenols is 1. The molecule has 0 atom stereocenters. The second-order valence-electron chi connectivity index (χ2n) is 3.92. The van der Waals surface area contributed by atoms with Gasteiger partial charge in [-0.2, -0.15) is 5.10 Å². The van der Waals surface area contributed by atoms with Gasteiger partial charge in [0.25, 0.3) is 0 Å². The maximum Gasteiger partial charge on any atom is 0.146 e. The van der Waals surface area contributed by atoms with Crippen molar-refractivity contribution in [1.29, 1.82) is 0 Å². The van der Waals surface area contributed by atoms with Crippen LogP contribution in [0.2, 0.25) is 10.0 Å². The Labute approximate surface area is 120 Å². The molecule has 1 aromatic carbocycles. The summed E-state index contributed by atoms with van der Waals surface area (Å²) in [6, 6.07) is 6.75. The number of rotatable bonds is 3. The van der Waals surface area contributed by atoms with Crippen molar-refractivity contribution in [2.45, 2.75) is 6.92 Å². The van der Waals surface area contributed by atoms with Crippen molar-refractivity contribution < 1.29 is 5.11 Å². The number of pyridine rings is 1. The third kappa shape index (κ3) is 3.59. The third-order valence-corrected chi connectivity index (χ3v) is 2.86. The highest BCUT2D eigenvalue weighted by atomic mass is 35.5. The molecule has 0 spiro atoms. The summed E-state index contributed by atoms with van der Waals surface area (Å²) in [6.45, 7) is 1.95. The summed E-state index contributed by atoms with van der Waals surface area (Å²) < 4.78 is 0. The first-order valence-corrected chi connectivity index (χ1v) is 6.21. The summed E-state index contributed by atoms with van der Waals surface area (Å²) in [4.78, 5) is 4.13. The highest BCUT2D eigenvalue weighted by Crippen LogP contribution is 2.29. The first-order chi connectivity index (χ1) is 9.06. The van der Waals surface area contributed by atoms with E-state index in [2.05, 4.69) is 15.5 Å². The van der Waals surface area contributed by atoms with Gasteiger partial charge in [0, 0.05) is 16.8 Å². The Morgan fingerprint density at radius 2 is 2.11 bits per heavy atom. The summed E-state index contributed by atoms with van der Waals surface area (Å²) in [6.07, 6.45) is 3.15. The first kappa shape index (κ1) is 13.6. The number of anilines is 1. The van der Waals surface area contributed by atoms with Crippen molar-refractivity contribution >= 4 is 35.2 Å². The highest BCUT2D eigenvalue weighted by Gasteiger charge is 2.05. The van der Waals surface area contributed by atoms with Crippen LogP contribution in [0.15, 0.2) is 35.6 Å². The van der Waals surface area contributed by atoms with E-state index in [1.165, 1.54) is 12.3 Å². The van der Waals surface area contributed by atoms with Crippen molar-refractivity contribution in [2.24, 2.45) is 5.10 Å². The molecule has 0 aliphatic rings. The van der Waals surface area contributed by atoms with Crippen molar-refractivity contribution in [3.8, 4) is 5.75 Å². The minimum Gasteiger partial charge on any atom is -0.506 e. The van der Waals surface area contributed by atoms with E-state index in [-0.39, 0.29) is 10.8 Å². The van der Waals surface area contributed by atoms with Gasteiger partial charge in [-0.3, -0.25) is 5.43 Å². The standard InChI is InChI=1S/C13H11Cl2N3O/c1-8-2-3-12(16-6-8)18-17-7-9-4-10(14)5-11(15)13(9)19/h2-7,19H,1H3,(H,16,18)/b17-7+. The van der Waals surface area contributed by atoms with Crippen LogP contribution >= 0.6 is 23.2 Å². The van der Waals surface area contributed by atoms with Crippen LogP contribution in [0.4, 0.5) is 5.82 Å². The van der Waals surface area contributed by atoms with Crippen molar-refractivity contribution in [3.05, 3.63) is 51.6 Å². The number of phenolic OH excluding ortho intramolecular Hbond substituents is 1. The zero-order chi connectivity index (χ0) is 13.8. The third-order valence-electron chi connectivity index (χ3n) is 2.35.